The van der Waals surface area contributed by atoms with Crippen molar-refractivity contribution < 1.29 is 9.18 Å². The van der Waals surface area contributed by atoms with Gasteiger partial charge in [0.15, 0.2) is 5.96 Å². The summed E-state index contributed by atoms with van der Waals surface area (Å²) < 4.78 is 14.5. The molecule has 2 aromatic carbocycles. The molecule has 6 nitrogen and oxygen atoms in total. The third-order valence-corrected chi connectivity index (χ3v) is 3.97. The Kier molecular flexibility index (Phi) is 5.97. The third kappa shape index (κ3) is 4.32. The quantitative estimate of drug-likeness (QED) is 0.530. The zero-order valence-corrected chi connectivity index (χ0v) is 15.3. The van der Waals surface area contributed by atoms with Crippen LogP contribution >= 0.6 is 12.4 Å². The second-order valence-electron chi connectivity index (χ2n) is 5.99. The minimum absolute atomic E-state index is 0. The lowest BCUT2D eigenvalue weighted by atomic mass is 10.0. The van der Waals surface area contributed by atoms with Gasteiger partial charge in [0.25, 0.3) is 11.5 Å². The van der Waals surface area contributed by atoms with Gasteiger partial charge in [-0.05, 0) is 30.7 Å². The molecule has 3 aromatic rings. The van der Waals surface area contributed by atoms with Crippen LogP contribution in [0.2, 0.25) is 0 Å². The molecular formula is C19H18ClFN4O2. The molecule has 0 spiro atoms. The molecular weight excluding hydrogens is 371 g/mol. The van der Waals surface area contributed by atoms with Crippen LogP contribution in [0.5, 0.6) is 0 Å². The van der Waals surface area contributed by atoms with Gasteiger partial charge in [-0.1, -0.05) is 29.8 Å². The van der Waals surface area contributed by atoms with E-state index in [0.717, 1.165) is 11.1 Å². The summed E-state index contributed by atoms with van der Waals surface area (Å²) in [6, 6.07) is 11.0. The van der Waals surface area contributed by atoms with E-state index in [1.165, 1.54) is 22.9 Å². The number of aliphatic imine (C=N–C) groups is 1. The Hall–Kier alpha value is -3.19. The second-order valence-corrected chi connectivity index (χ2v) is 5.99. The maximum atomic E-state index is 13.1. The van der Waals surface area contributed by atoms with Crippen molar-refractivity contribution in [1.29, 1.82) is 0 Å². The largest absolute Gasteiger partial charge is 0.370 e. The number of aryl methyl sites for hydroxylation is 1. The molecule has 0 aliphatic carbocycles. The second kappa shape index (κ2) is 8.01. The normalized spacial score (nSPS) is 10.3. The molecule has 140 valence electrons. The van der Waals surface area contributed by atoms with Crippen LogP contribution < -0.4 is 17.0 Å². The van der Waals surface area contributed by atoms with Gasteiger partial charge in [-0.3, -0.25) is 9.59 Å². The predicted molar refractivity (Wildman–Crippen MR) is 106 cm³/mol. The molecule has 0 aliphatic heterocycles. The van der Waals surface area contributed by atoms with Crippen LogP contribution in [-0.4, -0.2) is 16.4 Å². The molecule has 4 N–H and O–H groups in total. The Morgan fingerprint density at radius 2 is 1.78 bits per heavy atom. The molecule has 27 heavy (non-hydrogen) atoms. The number of aromatic nitrogens is 1. The van der Waals surface area contributed by atoms with Crippen molar-refractivity contribution in [2.45, 2.75) is 13.5 Å². The van der Waals surface area contributed by atoms with Crippen LogP contribution in [0.3, 0.4) is 0 Å². The average molecular weight is 389 g/mol. The molecule has 0 unspecified atom stereocenters. The van der Waals surface area contributed by atoms with E-state index >= 15 is 0 Å². The van der Waals surface area contributed by atoms with E-state index < -0.39 is 5.91 Å². The van der Waals surface area contributed by atoms with Crippen LogP contribution in [0.25, 0.3) is 10.8 Å². The summed E-state index contributed by atoms with van der Waals surface area (Å²) in [6.07, 6.45) is 1.43. The number of nitrogens with zero attached hydrogens (tertiary/aromatic N) is 2. The molecule has 0 saturated heterocycles. The van der Waals surface area contributed by atoms with Gasteiger partial charge in [0.05, 0.1) is 12.1 Å². The number of halogens is 2. The number of pyridine rings is 1. The minimum Gasteiger partial charge on any atom is -0.370 e. The van der Waals surface area contributed by atoms with Crippen LogP contribution in [0.4, 0.5) is 4.39 Å². The Morgan fingerprint density at radius 3 is 2.41 bits per heavy atom. The summed E-state index contributed by atoms with van der Waals surface area (Å²) in [6.45, 7) is 2.04. The topological polar surface area (TPSA) is 103 Å². The van der Waals surface area contributed by atoms with E-state index in [2.05, 4.69) is 4.99 Å². The zero-order chi connectivity index (χ0) is 18.8. The van der Waals surface area contributed by atoms with Gasteiger partial charge in [-0.25, -0.2) is 4.39 Å². The summed E-state index contributed by atoms with van der Waals surface area (Å²) in [5, 5.41) is 0.870. The molecule has 0 atom stereocenters. The molecule has 1 heterocycles. The number of rotatable bonds is 3. The Morgan fingerprint density at radius 1 is 1.11 bits per heavy atom. The number of hydrogen-bond donors (Lipinski definition) is 2. The number of nitrogens with two attached hydrogens (primary N) is 2. The van der Waals surface area contributed by atoms with Crippen molar-refractivity contribution >= 4 is 35.0 Å². The highest BCUT2D eigenvalue weighted by Gasteiger charge is 2.15. The van der Waals surface area contributed by atoms with Crippen molar-refractivity contribution in [2.24, 2.45) is 16.5 Å². The van der Waals surface area contributed by atoms with Crippen LogP contribution in [0, 0.1) is 12.7 Å². The maximum absolute atomic E-state index is 13.1. The van der Waals surface area contributed by atoms with Gasteiger partial charge in [0.1, 0.15) is 5.82 Å². The highest BCUT2D eigenvalue weighted by Crippen LogP contribution is 2.19. The molecule has 0 saturated carbocycles. The molecule has 8 heteroatoms. The first-order valence-electron chi connectivity index (χ1n) is 7.87. The highest BCUT2D eigenvalue weighted by molar-refractivity contribution is 6.10. The van der Waals surface area contributed by atoms with E-state index in [1.54, 1.807) is 30.3 Å². The molecule has 1 aromatic heterocycles. The Labute approximate surface area is 160 Å². The van der Waals surface area contributed by atoms with Gasteiger partial charge in [-0.2, -0.15) is 4.99 Å². The molecule has 3 rings (SSSR count). The van der Waals surface area contributed by atoms with Crippen molar-refractivity contribution in [1.82, 2.24) is 4.57 Å². The Balaban J connectivity index is 0.00000261. The standard InChI is InChI=1S/C19H17FN4O2.ClH/c1-11-2-7-14-15(8-11)16(17(25)23-19(21)22)10-24(18(14)26)9-12-3-5-13(20)6-4-12;/h2-8,10H,9H2,1H3,(H4,21,22,23,25);1H. The number of fused-ring (bicyclic) bond motifs is 1. The maximum Gasteiger partial charge on any atom is 0.282 e. The van der Waals surface area contributed by atoms with Gasteiger partial charge in [0.2, 0.25) is 0 Å². The van der Waals surface area contributed by atoms with E-state index in [0.29, 0.717) is 10.8 Å². The number of guanidine groups is 1. The van der Waals surface area contributed by atoms with Crippen LogP contribution in [0.1, 0.15) is 21.5 Å². The molecule has 0 aliphatic rings. The fourth-order valence-corrected chi connectivity index (χ4v) is 2.76. The average Bonchev–Trinajstić information content (AvgIpc) is 2.58. The molecule has 1 amide bonds. The molecule has 0 bridgehead atoms. The number of carbonyl (C=O) groups excluding carboxylic acids is 1. The molecule has 0 fully saturated rings. The smallest absolute Gasteiger partial charge is 0.282 e. The van der Waals surface area contributed by atoms with Crippen LogP contribution in [-0.2, 0) is 6.54 Å². The summed E-state index contributed by atoms with van der Waals surface area (Å²) in [4.78, 5) is 28.8. The summed E-state index contributed by atoms with van der Waals surface area (Å²) in [5.74, 6) is -1.35. The predicted octanol–water partition coefficient (Wildman–Crippen LogP) is 2.33. The fourth-order valence-electron chi connectivity index (χ4n) is 2.76. The third-order valence-electron chi connectivity index (χ3n) is 3.97. The minimum atomic E-state index is -0.631. The SMILES string of the molecule is Cc1ccc2c(=O)n(Cc3ccc(F)cc3)cc(C(=O)N=C(N)N)c2c1.Cl. The van der Waals surface area contributed by atoms with Crippen molar-refractivity contribution in [3.8, 4) is 0 Å². The number of benzene rings is 2. The Bertz CT molecular complexity index is 1090. The summed E-state index contributed by atoms with van der Waals surface area (Å²) >= 11 is 0. The lowest BCUT2D eigenvalue weighted by Crippen LogP contribution is -2.26. The van der Waals surface area contributed by atoms with Gasteiger partial charge < -0.3 is 16.0 Å². The monoisotopic (exact) mass is 388 g/mol. The van der Waals surface area contributed by atoms with Crippen molar-refractivity contribution in [3.05, 3.63) is 81.5 Å². The molecule has 0 radical (unpaired) electrons. The van der Waals surface area contributed by atoms with Crippen molar-refractivity contribution in [3.63, 3.8) is 0 Å². The lowest BCUT2D eigenvalue weighted by molar-refractivity contribution is 0.100. The fraction of sp³-hybridized carbons (Fsp3) is 0.105. The first-order valence-corrected chi connectivity index (χ1v) is 7.87. The van der Waals surface area contributed by atoms with E-state index in [1.807, 2.05) is 6.92 Å². The first-order chi connectivity index (χ1) is 12.3. The number of amides is 1. The van der Waals surface area contributed by atoms with E-state index in [9.17, 15) is 14.0 Å². The first kappa shape index (κ1) is 20.1. The highest BCUT2D eigenvalue weighted by atomic mass is 35.5. The summed E-state index contributed by atoms with van der Waals surface area (Å²) in [7, 11) is 0. The van der Waals surface area contributed by atoms with Crippen LogP contribution in [0.15, 0.2) is 58.4 Å². The number of hydrogen-bond acceptors (Lipinski definition) is 2. The van der Waals surface area contributed by atoms with E-state index in [4.69, 9.17) is 11.5 Å². The van der Waals surface area contributed by atoms with Gasteiger partial charge in [0, 0.05) is 17.0 Å². The van der Waals surface area contributed by atoms with E-state index in [-0.39, 0.29) is 41.9 Å². The zero-order valence-electron chi connectivity index (χ0n) is 14.5. The van der Waals surface area contributed by atoms with Gasteiger partial charge in [-0.15, -0.1) is 12.4 Å². The lowest BCUT2D eigenvalue weighted by Gasteiger charge is -2.11. The van der Waals surface area contributed by atoms with Gasteiger partial charge >= 0.3 is 0 Å². The van der Waals surface area contributed by atoms with Crippen molar-refractivity contribution in [2.75, 3.05) is 0 Å². The number of carbonyl (C=O) groups is 1. The summed E-state index contributed by atoms with van der Waals surface area (Å²) in [5.41, 5.74) is 12.2.